The molecule has 0 spiro atoms. The Morgan fingerprint density at radius 1 is 1.09 bits per heavy atom. The molecule has 0 amide bonds. The first-order valence-corrected chi connectivity index (χ1v) is 12.1. The molecular weight excluding hydrogens is 406 g/mol. The fourth-order valence-corrected chi connectivity index (χ4v) is 3.32. The lowest BCUT2D eigenvalue weighted by atomic mass is 9.87. The van der Waals surface area contributed by atoms with Crippen molar-refractivity contribution in [1.29, 1.82) is 0 Å². The van der Waals surface area contributed by atoms with Crippen LogP contribution in [0, 0.1) is 0 Å². The topological polar surface area (TPSA) is 36.5 Å². The number of rotatable bonds is 6. The molecule has 0 saturated carbocycles. The SMILES string of the molecule is C=C(/C=C/c1ccc(C(C)(C)C)cc1)Nc1ccc2c(c1)NCC(CN(C)C)O2.CC.CC. The number of likely N-dealkylation sites (N-methyl/N-ethyl adjacent to an activating group) is 1. The molecule has 182 valence electrons. The highest BCUT2D eigenvalue weighted by Crippen LogP contribution is 2.32. The van der Waals surface area contributed by atoms with E-state index < -0.39 is 0 Å². The van der Waals surface area contributed by atoms with Gasteiger partial charge >= 0.3 is 0 Å². The summed E-state index contributed by atoms with van der Waals surface area (Å²) in [5.74, 6) is 0.897. The van der Waals surface area contributed by atoms with Crippen LogP contribution >= 0.6 is 0 Å². The van der Waals surface area contributed by atoms with E-state index in [1.165, 1.54) is 5.56 Å². The van der Waals surface area contributed by atoms with Crippen LogP contribution in [0.4, 0.5) is 11.4 Å². The van der Waals surface area contributed by atoms with Crippen LogP contribution in [0.3, 0.4) is 0 Å². The van der Waals surface area contributed by atoms with E-state index in [0.29, 0.717) is 0 Å². The molecule has 4 nitrogen and oxygen atoms in total. The van der Waals surface area contributed by atoms with E-state index in [2.05, 4.69) is 93.4 Å². The van der Waals surface area contributed by atoms with E-state index in [-0.39, 0.29) is 11.5 Å². The van der Waals surface area contributed by atoms with Crippen molar-refractivity contribution in [3.63, 3.8) is 0 Å². The second-order valence-corrected chi connectivity index (χ2v) is 8.95. The Morgan fingerprint density at radius 2 is 1.73 bits per heavy atom. The van der Waals surface area contributed by atoms with E-state index in [1.54, 1.807) is 0 Å². The Hall–Kier alpha value is -2.72. The van der Waals surface area contributed by atoms with Crippen LogP contribution in [0.25, 0.3) is 6.08 Å². The van der Waals surface area contributed by atoms with Gasteiger partial charge in [-0.3, -0.25) is 0 Å². The minimum absolute atomic E-state index is 0.166. The van der Waals surface area contributed by atoms with Gasteiger partial charge in [-0.1, -0.05) is 85.4 Å². The van der Waals surface area contributed by atoms with Crippen molar-refractivity contribution in [3.05, 3.63) is 71.9 Å². The number of fused-ring (bicyclic) bond motifs is 1. The highest BCUT2D eigenvalue weighted by Gasteiger charge is 2.20. The highest BCUT2D eigenvalue weighted by molar-refractivity contribution is 5.68. The molecule has 1 unspecified atom stereocenters. The third-order valence-corrected chi connectivity index (χ3v) is 4.92. The van der Waals surface area contributed by atoms with Gasteiger partial charge in [0.2, 0.25) is 0 Å². The normalized spacial score (nSPS) is 14.7. The Labute approximate surface area is 202 Å². The van der Waals surface area contributed by atoms with Crippen LogP contribution in [0.5, 0.6) is 5.75 Å². The van der Waals surface area contributed by atoms with Gasteiger partial charge in [0.25, 0.3) is 0 Å². The third-order valence-electron chi connectivity index (χ3n) is 4.92. The maximum absolute atomic E-state index is 6.07. The van der Waals surface area contributed by atoms with Crippen molar-refractivity contribution in [2.24, 2.45) is 0 Å². The Morgan fingerprint density at radius 3 is 2.30 bits per heavy atom. The lowest BCUT2D eigenvalue weighted by Gasteiger charge is -2.29. The largest absolute Gasteiger partial charge is 0.485 e. The molecule has 0 fully saturated rings. The molecule has 2 N–H and O–H groups in total. The first kappa shape index (κ1) is 28.3. The minimum Gasteiger partial charge on any atom is -0.485 e. The van der Waals surface area contributed by atoms with Crippen molar-refractivity contribution >= 4 is 17.5 Å². The molecule has 1 atom stereocenters. The minimum atomic E-state index is 0.166. The fourth-order valence-electron chi connectivity index (χ4n) is 3.32. The number of nitrogens with one attached hydrogen (secondary N) is 2. The molecule has 2 aromatic carbocycles. The van der Waals surface area contributed by atoms with Gasteiger partial charge in [0.05, 0.1) is 12.2 Å². The molecule has 4 heteroatoms. The van der Waals surface area contributed by atoms with Crippen LogP contribution in [-0.4, -0.2) is 38.2 Å². The summed E-state index contributed by atoms with van der Waals surface area (Å²) in [6, 6.07) is 14.8. The number of benzene rings is 2. The first-order chi connectivity index (χ1) is 15.7. The van der Waals surface area contributed by atoms with E-state index >= 15 is 0 Å². The van der Waals surface area contributed by atoms with Gasteiger partial charge in [-0.05, 0) is 54.9 Å². The lowest BCUT2D eigenvalue weighted by molar-refractivity contribution is 0.164. The Kier molecular flexibility index (Phi) is 11.8. The number of nitrogens with zero attached hydrogens (tertiary/aromatic N) is 1. The van der Waals surface area contributed by atoms with Crippen molar-refractivity contribution in [2.75, 3.05) is 37.8 Å². The molecule has 2 aromatic rings. The summed E-state index contributed by atoms with van der Waals surface area (Å²) in [5, 5.41) is 6.82. The van der Waals surface area contributed by atoms with Gasteiger partial charge in [0.1, 0.15) is 11.9 Å². The van der Waals surface area contributed by atoms with E-state index in [1.807, 2.05) is 45.9 Å². The molecule has 0 saturated heterocycles. The molecule has 33 heavy (non-hydrogen) atoms. The molecule has 1 aliphatic heterocycles. The van der Waals surface area contributed by atoms with Gasteiger partial charge in [-0.15, -0.1) is 0 Å². The molecule has 0 aliphatic carbocycles. The fraction of sp³-hybridized carbons (Fsp3) is 0.448. The van der Waals surface area contributed by atoms with Gasteiger partial charge < -0.3 is 20.3 Å². The maximum Gasteiger partial charge on any atom is 0.143 e. The summed E-state index contributed by atoms with van der Waals surface area (Å²) in [5.41, 5.74) is 5.51. The van der Waals surface area contributed by atoms with Crippen molar-refractivity contribution in [1.82, 2.24) is 4.90 Å². The zero-order chi connectivity index (χ0) is 25.0. The predicted molar refractivity (Wildman–Crippen MR) is 148 cm³/mol. The summed E-state index contributed by atoms with van der Waals surface area (Å²) in [4.78, 5) is 2.14. The maximum atomic E-state index is 6.07. The van der Waals surface area contributed by atoms with Gasteiger partial charge in [-0.2, -0.15) is 0 Å². The van der Waals surface area contributed by atoms with Crippen LogP contribution < -0.4 is 15.4 Å². The molecule has 0 radical (unpaired) electrons. The van der Waals surface area contributed by atoms with Crippen molar-refractivity contribution < 1.29 is 4.74 Å². The highest BCUT2D eigenvalue weighted by atomic mass is 16.5. The van der Waals surface area contributed by atoms with E-state index in [4.69, 9.17) is 4.74 Å². The predicted octanol–water partition coefficient (Wildman–Crippen LogP) is 7.41. The smallest absolute Gasteiger partial charge is 0.143 e. The monoisotopic (exact) mass is 451 g/mol. The second-order valence-electron chi connectivity index (χ2n) is 8.95. The number of allylic oxidation sites excluding steroid dienone is 1. The van der Waals surface area contributed by atoms with Gasteiger partial charge in [0, 0.05) is 17.9 Å². The van der Waals surface area contributed by atoms with Crippen LogP contribution in [-0.2, 0) is 5.41 Å². The van der Waals surface area contributed by atoms with Crippen molar-refractivity contribution in [3.8, 4) is 5.75 Å². The Balaban J connectivity index is 0.00000129. The summed E-state index contributed by atoms with van der Waals surface area (Å²) in [6.07, 6.45) is 4.24. The summed E-state index contributed by atoms with van der Waals surface area (Å²) in [7, 11) is 4.12. The van der Waals surface area contributed by atoms with E-state index in [0.717, 1.165) is 41.5 Å². The molecule has 3 rings (SSSR count). The quantitative estimate of drug-likeness (QED) is 0.448. The zero-order valence-electron chi connectivity index (χ0n) is 22.3. The number of anilines is 2. The number of hydrogen-bond donors (Lipinski definition) is 2. The second kappa shape index (κ2) is 13.7. The Bertz CT molecular complexity index is 877. The summed E-state index contributed by atoms with van der Waals surface area (Å²) < 4.78 is 6.07. The van der Waals surface area contributed by atoms with Crippen LogP contribution in [0.2, 0.25) is 0 Å². The van der Waals surface area contributed by atoms with Crippen LogP contribution in [0.15, 0.2) is 60.8 Å². The van der Waals surface area contributed by atoms with Crippen LogP contribution in [0.1, 0.15) is 59.6 Å². The average molecular weight is 452 g/mol. The average Bonchev–Trinajstić information content (AvgIpc) is 2.80. The van der Waals surface area contributed by atoms with Crippen molar-refractivity contribution in [2.45, 2.75) is 60.0 Å². The summed E-state index contributed by atoms with van der Waals surface area (Å²) in [6.45, 7) is 20.5. The molecule has 1 aliphatic rings. The zero-order valence-corrected chi connectivity index (χ0v) is 22.3. The summed E-state index contributed by atoms with van der Waals surface area (Å²) >= 11 is 0. The third kappa shape index (κ3) is 9.35. The van der Waals surface area contributed by atoms with E-state index in [9.17, 15) is 0 Å². The standard InChI is InChI=1S/C25H33N3O.2C2H6/c1-18(7-8-19-9-11-20(12-10-19)25(2,3)4)27-21-13-14-24-23(15-21)26-16-22(29-24)17-28(5)6;2*1-2/h7-15,22,26-27H,1,16-17H2,2-6H3;2*1-2H3/b8-7+;;. The van der Waals surface area contributed by atoms with Gasteiger partial charge in [0.15, 0.2) is 0 Å². The number of hydrogen-bond acceptors (Lipinski definition) is 4. The first-order valence-electron chi connectivity index (χ1n) is 12.1. The number of ether oxygens (including phenoxy) is 1. The lowest BCUT2D eigenvalue weighted by Crippen LogP contribution is -2.38. The molecule has 1 heterocycles. The van der Waals surface area contributed by atoms with Gasteiger partial charge in [-0.25, -0.2) is 0 Å². The molecular formula is C29H45N3O. The molecule has 0 aromatic heterocycles. The molecule has 0 bridgehead atoms.